The van der Waals surface area contributed by atoms with E-state index in [1.165, 1.54) is 31.6 Å². The maximum atomic E-state index is 11.4. The molecule has 0 unspecified atom stereocenters. The number of aromatic hydroxyl groups is 1. The van der Waals surface area contributed by atoms with Gasteiger partial charge in [-0.3, -0.25) is 4.79 Å². The summed E-state index contributed by atoms with van der Waals surface area (Å²) in [6, 6.07) is 4.22. The fraction of sp³-hybridized carbons (Fsp3) is 0.100. The van der Waals surface area contributed by atoms with Gasteiger partial charge in [-0.25, -0.2) is 0 Å². The Morgan fingerprint density at radius 1 is 1.36 bits per heavy atom. The first-order chi connectivity index (χ1) is 6.74. The molecule has 2 aromatic rings. The first-order valence-corrected chi connectivity index (χ1v) is 4.01. The largest absolute Gasteiger partial charge is 0.504 e. The highest BCUT2D eigenvalue weighted by Crippen LogP contribution is 2.32. The molecule has 0 bridgehead atoms. The second-order valence-corrected chi connectivity index (χ2v) is 2.78. The summed E-state index contributed by atoms with van der Waals surface area (Å²) in [5, 5.41) is 9.80. The SMILES string of the molecule is COc1c(O)ccc2c(=O)ccoc12. The van der Waals surface area contributed by atoms with Crippen LogP contribution in [0.15, 0.2) is 33.7 Å². The van der Waals surface area contributed by atoms with Crippen LogP contribution < -0.4 is 10.2 Å². The van der Waals surface area contributed by atoms with Gasteiger partial charge >= 0.3 is 0 Å². The lowest BCUT2D eigenvalue weighted by molar-refractivity contribution is 0.370. The van der Waals surface area contributed by atoms with Gasteiger partial charge in [0.05, 0.1) is 18.8 Å². The van der Waals surface area contributed by atoms with Crippen molar-refractivity contribution >= 4 is 11.0 Å². The van der Waals surface area contributed by atoms with Crippen LogP contribution in [0.5, 0.6) is 11.5 Å². The summed E-state index contributed by atoms with van der Waals surface area (Å²) in [6.45, 7) is 0. The van der Waals surface area contributed by atoms with E-state index in [1.807, 2.05) is 0 Å². The summed E-state index contributed by atoms with van der Waals surface area (Å²) >= 11 is 0. The van der Waals surface area contributed by atoms with E-state index in [1.54, 1.807) is 0 Å². The third-order valence-corrected chi connectivity index (χ3v) is 1.97. The summed E-state index contributed by atoms with van der Waals surface area (Å²) in [5.41, 5.74) is 0.101. The van der Waals surface area contributed by atoms with Crippen LogP contribution in [0.1, 0.15) is 0 Å². The van der Waals surface area contributed by atoms with Crippen molar-refractivity contribution in [3.63, 3.8) is 0 Å². The van der Waals surface area contributed by atoms with Crippen molar-refractivity contribution in [2.24, 2.45) is 0 Å². The van der Waals surface area contributed by atoms with E-state index in [0.29, 0.717) is 5.39 Å². The number of phenolic OH excluding ortho intramolecular Hbond substituents is 1. The zero-order valence-electron chi connectivity index (χ0n) is 7.48. The molecule has 0 aliphatic heterocycles. The first kappa shape index (κ1) is 8.62. The molecular weight excluding hydrogens is 184 g/mol. The van der Waals surface area contributed by atoms with Crippen LogP contribution in [0.3, 0.4) is 0 Å². The Hall–Kier alpha value is -1.97. The Morgan fingerprint density at radius 3 is 2.86 bits per heavy atom. The Morgan fingerprint density at radius 2 is 2.14 bits per heavy atom. The summed E-state index contributed by atoms with van der Waals surface area (Å²) < 4.78 is 10.0. The average Bonchev–Trinajstić information content (AvgIpc) is 2.18. The van der Waals surface area contributed by atoms with Crippen LogP contribution >= 0.6 is 0 Å². The lowest BCUT2D eigenvalue weighted by Gasteiger charge is -2.04. The van der Waals surface area contributed by atoms with Gasteiger partial charge in [-0.1, -0.05) is 0 Å². The van der Waals surface area contributed by atoms with E-state index in [4.69, 9.17) is 9.15 Å². The zero-order valence-corrected chi connectivity index (χ0v) is 7.48. The molecule has 0 fully saturated rings. The third kappa shape index (κ3) is 1.12. The molecule has 0 spiro atoms. The van der Waals surface area contributed by atoms with Gasteiger partial charge < -0.3 is 14.3 Å². The standard InChI is InChI=1S/C10H8O4/c1-13-10-8(12)3-2-6-7(11)4-5-14-9(6)10/h2-5,12H,1H3. The average molecular weight is 192 g/mol. The van der Waals surface area contributed by atoms with E-state index >= 15 is 0 Å². The van der Waals surface area contributed by atoms with Crippen molar-refractivity contribution in [1.82, 2.24) is 0 Å². The molecule has 1 aromatic carbocycles. The van der Waals surface area contributed by atoms with E-state index in [-0.39, 0.29) is 22.5 Å². The maximum absolute atomic E-state index is 11.4. The number of hydrogen-bond acceptors (Lipinski definition) is 4. The second-order valence-electron chi connectivity index (χ2n) is 2.78. The highest BCUT2D eigenvalue weighted by Gasteiger charge is 2.10. The maximum Gasteiger partial charge on any atom is 0.204 e. The zero-order chi connectivity index (χ0) is 10.1. The molecule has 2 rings (SSSR count). The van der Waals surface area contributed by atoms with Gasteiger partial charge in [-0.05, 0) is 12.1 Å². The van der Waals surface area contributed by atoms with Crippen molar-refractivity contribution in [1.29, 1.82) is 0 Å². The van der Waals surface area contributed by atoms with Gasteiger partial charge in [-0.2, -0.15) is 0 Å². The molecule has 0 saturated carbocycles. The molecule has 4 heteroatoms. The number of rotatable bonds is 1. The van der Waals surface area contributed by atoms with E-state index in [2.05, 4.69) is 0 Å². The number of methoxy groups -OCH3 is 1. The lowest BCUT2D eigenvalue weighted by Crippen LogP contribution is -1.98. The molecule has 0 atom stereocenters. The summed E-state index contributed by atoms with van der Waals surface area (Å²) in [5.74, 6) is 0.134. The highest BCUT2D eigenvalue weighted by molar-refractivity contribution is 5.84. The molecule has 0 saturated heterocycles. The molecular formula is C10H8O4. The summed E-state index contributed by atoms with van der Waals surface area (Å²) in [4.78, 5) is 11.4. The number of fused-ring (bicyclic) bond motifs is 1. The van der Waals surface area contributed by atoms with Crippen LogP contribution in [-0.2, 0) is 0 Å². The van der Waals surface area contributed by atoms with Gasteiger partial charge in [-0.15, -0.1) is 0 Å². The molecule has 1 heterocycles. The molecule has 14 heavy (non-hydrogen) atoms. The second kappa shape index (κ2) is 3.06. The molecule has 4 nitrogen and oxygen atoms in total. The van der Waals surface area contributed by atoms with Crippen molar-refractivity contribution in [3.05, 3.63) is 34.7 Å². The lowest BCUT2D eigenvalue weighted by atomic mass is 10.2. The molecule has 72 valence electrons. The van der Waals surface area contributed by atoms with Crippen LogP contribution in [-0.4, -0.2) is 12.2 Å². The minimum atomic E-state index is -0.162. The quantitative estimate of drug-likeness (QED) is 0.743. The van der Waals surface area contributed by atoms with E-state index in [0.717, 1.165) is 0 Å². The number of benzene rings is 1. The van der Waals surface area contributed by atoms with Crippen LogP contribution in [0.25, 0.3) is 11.0 Å². The number of phenols is 1. The molecule has 0 amide bonds. The minimum Gasteiger partial charge on any atom is -0.504 e. The Balaban J connectivity index is 2.95. The van der Waals surface area contributed by atoms with E-state index < -0.39 is 0 Å². The summed E-state index contributed by atoms with van der Waals surface area (Å²) in [7, 11) is 1.40. The number of hydrogen-bond donors (Lipinski definition) is 1. The highest BCUT2D eigenvalue weighted by atomic mass is 16.5. The third-order valence-electron chi connectivity index (χ3n) is 1.97. The summed E-state index contributed by atoms with van der Waals surface area (Å²) in [6.07, 6.45) is 1.27. The molecule has 0 aliphatic rings. The van der Waals surface area contributed by atoms with Crippen molar-refractivity contribution in [3.8, 4) is 11.5 Å². The molecule has 0 aliphatic carbocycles. The van der Waals surface area contributed by atoms with Crippen molar-refractivity contribution < 1.29 is 14.3 Å². The van der Waals surface area contributed by atoms with Crippen LogP contribution in [0, 0.1) is 0 Å². The van der Waals surface area contributed by atoms with Gasteiger partial charge in [0.25, 0.3) is 0 Å². The van der Waals surface area contributed by atoms with Gasteiger partial charge in [0.1, 0.15) is 0 Å². The van der Waals surface area contributed by atoms with Crippen molar-refractivity contribution in [2.45, 2.75) is 0 Å². The topological polar surface area (TPSA) is 59.7 Å². The molecule has 1 aromatic heterocycles. The first-order valence-electron chi connectivity index (χ1n) is 4.01. The van der Waals surface area contributed by atoms with Crippen molar-refractivity contribution in [2.75, 3.05) is 7.11 Å². The smallest absolute Gasteiger partial charge is 0.204 e. The van der Waals surface area contributed by atoms with Crippen LogP contribution in [0.4, 0.5) is 0 Å². The Kier molecular flexibility index (Phi) is 1.89. The van der Waals surface area contributed by atoms with Gasteiger partial charge in [0.2, 0.25) is 5.75 Å². The monoisotopic (exact) mass is 192 g/mol. The Labute approximate surface area is 79.4 Å². The number of ether oxygens (including phenoxy) is 1. The fourth-order valence-corrected chi connectivity index (χ4v) is 1.31. The van der Waals surface area contributed by atoms with Gasteiger partial charge in [0.15, 0.2) is 16.8 Å². The van der Waals surface area contributed by atoms with Gasteiger partial charge in [0, 0.05) is 6.07 Å². The minimum absolute atomic E-state index is 0.0469. The fourth-order valence-electron chi connectivity index (χ4n) is 1.31. The molecule has 1 N–H and O–H groups in total. The predicted molar refractivity (Wildman–Crippen MR) is 50.7 cm³/mol. The normalized spacial score (nSPS) is 10.4. The Bertz CT molecular complexity index is 527. The molecule has 0 radical (unpaired) electrons. The van der Waals surface area contributed by atoms with Crippen LogP contribution in [0.2, 0.25) is 0 Å². The van der Waals surface area contributed by atoms with E-state index in [9.17, 15) is 9.90 Å². The predicted octanol–water partition coefficient (Wildman–Crippen LogP) is 1.51.